The van der Waals surface area contributed by atoms with Gasteiger partial charge in [0.05, 0.1) is 16.8 Å². The molecule has 8 heteroatoms. The lowest BCUT2D eigenvalue weighted by Gasteiger charge is -2.31. The van der Waals surface area contributed by atoms with Gasteiger partial charge in [0.15, 0.2) is 34.5 Å². The van der Waals surface area contributed by atoms with E-state index in [0.717, 1.165) is 32.7 Å². The van der Waals surface area contributed by atoms with Crippen LogP contribution in [0.3, 0.4) is 0 Å². The molecule has 0 unspecified atom stereocenters. The zero-order valence-corrected chi connectivity index (χ0v) is 28.4. The quantitative estimate of drug-likeness (QED) is 0.0516. The maximum Gasteiger partial charge on any atom is 0.186 e. The number of aromatic hydroxyl groups is 7. The van der Waals surface area contributed by atoms with E-state index >= 15 is 0 Å². The maximum atomic E-state index is 11.8. The van der Waals surface area contributed by atoms with Crippen molar-refractivity contribution in [2.75, 3.05) is 4.90 Å². The highest BCUT2D eigenvalue weighted by atomic mass is 16.3. The summed E-state index contributed by atoms with van der Waals surface area (Å²) >= 11 is 0. The van der Waals surface area contributed by atoms with Gasteiger partial charge >= 0.3 is 0 Å². The molecule has 0 bridgehead atoms. The standard InChI is InChI=1S/C45H33NO7/c1-25-37(43(51)40(48)35(39(25)47)27-12-4-2-5-13-27)46(38-44(52)41(49)36(42(50)45(38)53)28-14-6-3-7-15-28)30-22-20-26(21-23-30)34-24-29-16-8-9-17-31(29)32-18-10-11-19-33(32)34/h2-24,47-53H,1H3. The fourth-order valence-electron chi connectivity index (χ4n) is 7.20. The fraction of sp³-hybridized carbons (Fsp3) is 0.0222. The molecule has 8 aromatic carbocycles. The number of fused-ring (bicyclic) bond motifs is 3. The molecule has 8 rings (SSSR count). The molecule has 0 radical (unpaired) electrons. The summed E-state index contributed by atoms with van der Waals surface area (Å²) in [4.78, 5) is 1.18. The Morgan fingerprint density at radius 1 is 0.377 bits per heavy atom. The smallest absolute Gasteiger partial charge is 0.186 e. The highest BCUT2D eigenvalue weighted by Crippen LogP contribution is 2.61. The van der Waals surface area contributed by atoms with E-state index in [1.165, 1.54) is 11.8 Å². The molecule has 0 atom stereocenters. The van der Waals surface area contributed by atoms with Crippen LogP contribution in [0, 0.1) is 6.92 Å². The molecular weight excluding hydrogens is 666 g/mol. The van der Waals surface area contributed by atoms with Crippen molar-refractivity contribution in [1.82, 2.24) is 0 Å². The Kier molecular flexibility index (Phi) is 7.92. The molecule has 7 N–H and O–H groups in total. The van der Waals surface area contributed by atoms with Gasteiger partial charge in [0, 0.05) is 11.3 Å². The van der Waals surface area contributed by atoms with Gasteiger partial charge in [-0.1, -0.05) is 121 Å². The van der Waals surface area contributed by atoms with Gasteiger partial charge in [-0.05, 0) is 68.9 Å². The molecule has 8 nitrogen and oxygen atoms in total. The minimum Gasteiger partial charge on any atom is -0.507 e. The molecule has 260 valence electrons. The van der Waals surface area contributed by atoms with Crippen LogP contribution in [0.2, 0.25) is 0 Å². The van der Waals surface area contributed by atoms with Crippen molar-refractivity contribution >= 4 is 38.6 Å². The zero-order valence-electron chi connectivity index (χ0n) is 28.4. The molecule has 53 heavy (non-hydrogen) atoms. The second kappa shape index (κ2) is 12.8. The normalized spacial score (nSPS) is 11.3. The monoisotopic (exact) mass is 699 g/mol. The van der Waals surface area contributed by atoms with Crippen molar-refractivity contribution in [3.63, 3.8) is 0 Å². The first-order valence-electron chi connectivity index (χ1n) is 16.9. The van der Waals surface area contributed by atoms with E-state index in [-0.39, 0.29) is 33.8 Å². The average molecular weight is 700 g/mol. The molecule has 0 aliphatic carbocycles. The minimum atomic E-state index is -0.825. The SMILES string of the molecule is Cc1c(O)c(-c2ccccc2)c(O)c(O)c1N(c1ccc(-c2cc3ccccc3c3ccccc23)cc1)c1c(O)c(O)c(-c2ccccc2)c(O)c1O. The van der Waals surface area contributed by atoms with E-state index in [1.807, 2.05) is 36.4 Å². The van der Waals surface area contributed by atoms with Crippen LogP contribution in [0.25, 0.3) is 54.9 Å². The Hall–Kier alpha value is -7.32. The number of phenols is 7. The summed E-state index contributed by atoms with van der Waals surface area (Å²) in [5.74, 6) is -4.85. The maximum absolute atomic E-state index is 11.8. The van der Waals surface area contributed by atoms with Crippen LogP contribution in [-0.4, -0.2) is 35.7 Å². The van der Waals surface area contributed by atoms with Crippen LogP contribution in [0.1, 0.15) is 5.56 Å². The predicted molar refractivity (Wildman–Crippen MR) is 209 cm³/mol. The zero-order chi connectivity index (χ0) is 37.0. The third kappa shape index (κ3) is 5.24. The second-order valence-electron chi connectivity index (χ2n) is 12.8. The molecular formula is C45H33NO7. The van der Waals surface area contributed by atoms with Crippen molar-refractivity contribution < 1.29 is 35.7 Å². The Morgan fingerprint density at radius 3 is 1.40 bits per heavy atom. The summed E-state index contributed by atoms with van der Waals surface area (Å²) in [6.07, 6.45) is 0. The van der Waals surface area contributed by atoms with Gasteiger partial charge in [-0.3, -0.25) is 4.90 Å². The largest absolute Gasteiger partial charge is 0.507 e. The summed E-state index contributed by atoms with van der Waals surface area (Å²) in [7, 11) is 0. The Morgan fingerprint density at radius 2 is 0.830 bits per heavy atom. The number of hydrogen-bond donors (Lipinski definition) is 7. The van der Waals surface area contributed by atoms with Crippen LogP contribution in [0.4, 0.5) is 17.1 Å². The summed E-state index contributed by atoms with van der Waals surface area (Å²) in [6, 6.07) is 42.1. The van der Waals surface area contributed by atoms with Crippen molar-refractivity contribution in [3.05, 3.63) is 145 Å². The van der Waals surface area contributed by atoms with E-state index in [9.17, 15) is 35.7 Å². The average Bonchev–Trinajstić information content (AvgIpc) is 3.19. The van der Waals surface area contributed by atoms with Crippen LogP contribution in [0.15, 0.2) is 140 Å². The molecule has 0 saturated heterocycles. The van der Waals surface area contributed by atoms with E-state index in [2.05, 4.69) is 30.3 Å². The van der Waals surface area contributed by atoms with Crippen molar-refractivity contribution in [1.29, 1.82) is 0 Å². The van der Waals surface area contributed by atoms with Gasteiger partial charge in [0.25, 0.3) is 0 Å². The highest BCUT2D eigenvalue weighted by Gasteiger charge is 2.34. The molecule has 0 heterocycles. The van der Waals surface area contributed by atoms with Crippen LogP contribution < -0.4 is 4.90 Å². The highest BCUT2D eigenvalue weighted by molar-refractivity contribution is 6.14. The first-order chi connectivity index (χ1) is 25.7. The first kappa shape index (κ1) is 32.9. The van der Waals surface area contributed by atoms with E-state index < -0.39 is 40.2 Å². The van der Waals surface area contributed by atoms with E-state index in [4.69, 9.17) is 0 Å². The first-order valence-corrected chi connectivity index (χ1v) is 16.9. The lowest BCUT2D eigenvalue weighted by molar-refractivity contribution is 0.376. The number of rotatable bonds is 6. The number of benzene rings is 8. The Bertz CT molecular complexity index is 2530. The molecule has 0 spiro atoms. The Balaban J connectivity index is 1.38. The molecule has 0 amide bonds. The third-order valence-corrected chi connectivity index (χ3v) is 9.78. The van der Waals surface area contributed by atoms with Gasteiger partial charge < -0.3 is 35.7 Å². The van der Waals surface area contributed by atoms with Crippen LogP contribution in [-0.2, 0) is 0 Å². The Labute approximate surface area is 304 Å². The number of anilines is 3. The van der Waals surface area contributed by atoms with Crippen molar-refractivity contribution in [3.8, 4) is 73.6 Å². The summed E-state index contributed by atoms with van der Waals surface area (Å²) in [5, 5.41) is 85.2. The molecule has 8 aromatic rings. The lowest BCUT2D eigenvalue weighted by atomic mass is 9.93. The summed E-state index contributed by atoms with van der Waals surface area (Å²) < 4.78 is 0. The van der Waals surface area contributed by atoms with Crippen molar-refractivity contribution in [2.24, 2.45) is 0 Å². The van der Waals surface area contributed by atoms with Crippen molar-refractivity contribution in [2.45, 2.75) is 6.92 Å². The molecule has 0 aliphatic rings. The van der Waals surface area contributed by atoms with E-state index in [1.54, 1.807) is 72.8 Å². The van der Waals surface area contributed by atoms with Crippen LogP contribution >= 0.6 is 0 Å². The molecule has 0 aromatic heterocycles. The van der Waals surface area contributed by atoms with Gasteiger partial charge in [-0.25, -0.2) is 0 Å². The second-order valence-corrected chi connectivity index (χ2v) is 12.8. The number of phenolic OH excluding ortho intramolecular Hbond substituents is 7. The fourth-order valence-corrected chi connectivity index (χ4v) is 7.20. The molecule has 0 saturated carbocycles. The minimum absolute atomic E-state index is 0.0265. The number of nitrogens with zero attached hydrogens (tertiary/aromatic N) is 1. The van der Waals surface area contributed by atoms with Gasteiger partial charge in [0.1, 0.15) is 11.4 Å². The molecule has 0 aliphatic heterocycles. The van der Waals surface area contributed by atoms with Gasteiger partial charge in [0.2, 0.25) is 0 Å². The lowest BCUT2D eigenvalue weighted by Crippen LogP contribution is -2.13. The predicted octanol–water partition coefficient (Wildman–Crippen LogP) is 10.7. The van der Waals surface area contributed by atoms with Gasteiger partial charge in [-0.2, -0.15) is 0 Å². The summed E-state index contributed by atoms with van der Waals surface area (Å²) in [5.41, 5.74) is 1.87. The van der Waals surface area contributed by atoms with Crippen LogP contribution in [0.5, 0.6) is 40.2 Å². The van der Waals surface area contributed by atoms with Gasteiger partial charge in [-0.15, -0.1) is 0 Å². The third-order valence-electron chi connectivity index (χ3n) is 9.78. The summed E-state index contributed by atoms with van der Waals surface area (Å²) in [6.45, 7) is 1.50. The molecule has 0 fully saturated rings. The number of hydrogen-bond acceptors (Lipinski definition) is 8. The van der Waals surface area contributed by atoms with E-state index in [0.29, 0.717) is 11.1 Å². The topological polar surface area (TPSA) is 145 Å².